The maximum Gasteiger partial charge on any atom is 0.193 e. The number of aromatic nitrogens is 7. The summed E-state index contributed by atoms with van der Waals surface area (Å²) in [6.07, 6.45) is 8.96. The quantitative estimate of drug-likeness (QED) is 0.538. The van der Waals surface area contributed by atoms with E-state index in [0.29, 0.717) is 17.7 Å². The van der Waals surface area contributed by atoms with Gasteiger partial charge in [-0.3, -0.25) is 4.68 Å². The SMILES string of the molecule is C#Cc1cccc(-c2nc(N)c(F)c(-c3cn(Cc4ccn(C)n4)nn3)n2)c1C. The second-order valence-electron chi connectivity index (χ2n) is 6.50. The third-order valence-corrected chi connectivity index (χ3v) is 4.48. The molecule has 0 radical (unpaired) electrons. The van der Waals surface area contributed by atoms with Crippen molar-refractivity contribution in [1.82, 2.24) is 34.7 Å². The Kier molecular flexibility index (Phi) is 4.52. The Balaban J connectivity index is 1.75. The Morgan fingerprint density at radius 2 is 2.07 bits per heavy atom. The van der Waals surface area contributed by atoms with Crippen molar-refractivity contribution in [1.29, 1.82) is 0 Å². The van der Waals surface area contributed by atoms with Gasteiger partial charge in [0.1, 0.15) is 11.4 Å². The van der Waals surface area contributed by atoms with Crippen molar-refractivity contribution < 1.29 is 4.39 Å². The first-order valence-corrected chi connectivity index (χ1v) is 8.75. The van der Waals surface area contributed by atoms with Gasteiger partial charge in [-0.15, -0.1) is 11.5 Å². The molecule has 29 heavy (non-hydrogen) atoms. The van der Waals surface area contributed by atoms with E-state index in [-0.39, 0.29) is 23.0 Å². The molecule has 4 rings (SSSR count). The van der Waals surface area contributed by atoms with Crippen LogP contribution in [0, 0.1) is 25.1 Å². The highest BCUT2D eigenvalue weighted by Gasteiger charge is 2.19. The molecule has 8 nitrogen and oxygen atoms in total. The largest absolute Gasteiger partial charge is 0.381 e. The van der Waals surface area contributed by atoms with Gasteiger partial charge in [0, 0.05) is 24.4 Å². The van der Waals surface area contributed by atoms with Crippen molar-refractivity contribution in [3.05, 3.63) is 59.3 Å². The molecular weight excluding hydrogens is 371 g/mol. The molecule has 0 unspecified atom stereocenters. The van der Waals surface area contributed by atoms with Gasteiger partial charge >= 0.3 is 0 Å². The van der Waals surface area contributed by atoms with E-state index in [2.05, 4.69) is 31.3 Å². The van der Waals surface area contributed by atoms with E-state index in [4.69, 9.17) is 12.2 Å². The first kappa shape index (κ1) is 18.3. The number of halogens is 1. The molecule has 1 aromatic carbocycles. The highest BCUT2D eigenvalue weighted by Crippen LogP contribution is 2.28. The van der Waals surface area contributed by atoms with Crippen LogP contribution >= 0.6 is 0 Å². The number of nitrogens with zero attached hydrogens (tertiary/aromatic N) is 7. The van der Waals surface area contributed by atoms with Crippen LogP contribution in [-0.4, -0.2) is 34.7 Å². The van der Waals surface area contributed by atoms with Gasteiger partial charge in [0.25, 0.3) is 0 Å². The Bertz CT molecular complexity index is 1250. The van der Waals surface area contributed by atoms with Crippen LogP contribution in [-0.2, 0) is 13.6 Å². The second kappa shape index (κ2) is 7.16. The van der Waals surface area contributed by atoms with Crippen LogP contribution in [0.15, 0.2) is 36.7 Å². The number of terminal acetylenes is 1. The van der Waals surface area contributed by atoms with E-state index in [1.807, 2.05) is 38.4 Å². The fraction of sp³-hybridized carbons (Fsp3) is 0.150. The van der Waals surface area contributed by atoms with Gasteiger partial charge in [-0.25, -0.2) is 19.0 Å². The normalized spacial score (nSPS) is 10.8. The minimum absolute atomic E-state index is 0.0229. The lowest BCUT2D eigenvalue weighted by molar-refractivity contribution is 0.622. The van der Waals surface area contributed by atoms with Crippen molar-refractivity contribution >= 4 is 5.82 Å². The fourth-order valence-electron chi connectivity index (χ4n) is 2.99. The van der Waals surface area contributed by atoms with Gasteiger partial charge in [-0.1, -0.05) is 23.3 Å². The molecule has 2 N–H and O–H groups in total. The van der Waals surface area contributed by atoms with E-state index in [1.165, 1.54) is 0 Å². The van der Waals surface area contributed by atoms with Crippen LogP contribution in [0.3, 0.4) is 0 Å². The van der Waals surface area contributed by atoms with Crippen molar-refractivity contribution in [3.63, 3.8) is 0 Å². The van der Waals surface area contributed by atoms with E-state index < -0.39 is 5.82 Å². The zero-order chi connectivity index (χ0) is 20.5. The molecule has 3 aromatic heterocycles. The molecule has 9 heteroatoms. The van der Waals surface area contributed by atoms with E-state index in [0.717, 1.165) is 11.3 Å². The number of benzene rings is 1. The van der Waals surface area contributed by atoms with Crippen LogP contribution in [0.5, 0.6) is 0 Å². The van der Waals surface area contributed by atoms with Crippen LogP contribution in [0.25, 0.3) is 22.8 Å². The molecule has 0 amide bonds. The summed E-state index contributed by atoms with van der Waals surface area (Å²) in [5.74, 6) is 1.87. The number of rotatable bonds is 4. The van der Waals surface area contributed by atoms with Crippen molar-refractivity contribution in [3.8, 4) is 35.1 Å². The average molecular weight is 388 g/mol. The lowest BCUT2D eigenvalue weighted by Crippen LogP contribution is -2.04. The third-order valence-electron chi connectivity index (χ3n) is 4.48. The van der Waals surface area contributed by atoms with Gasteiger partial charge in [0.2, 0.25) is 0 Å². The fourth-order valence-corrected chi connectivity index (χ4v) is 2.99. The summed E-state index contributed by atoms with van der Waals surface area (Å²) >= 11 is 0. The molecule has 0 saturated heterocycles. The smallest absolute Gasteiger partial charge is 0.193 e. The van der Waals surface area contributed by atoms with Crippen molar-refractivity contribution in [2.45, 2.75) is 13.5 Å². The molecular formula is C20H17FN8. The lowest BCUT2D eigenvalue weighted by Gasteiger charge is -2.09. The van der Waals surface area contributed by atoms with Gasteiger partial charge in [0.15, 0.2) is 17.5 Å². The third kappa shape index (κ3) is 3.43. The monoisotopic (exact) mass is 388 g/mol. The lowest BCUT2D eigenvalue weighted by atomic mass is 10.0. The highest BCUT2D eigenvalue weighted by molar-refractivity contribution is 5.69. The van der Waals surface area contributed by atoms with Gasteiger partial charge < -0.3 is 5.73 Å². The molecule has 0 aliphatic carbocycles. The Hall–Kier alpha value is -4.06. The van der Waals surface area contributed by atoms with Gasteiger partial charge in [-0.05, 0) is 24.6 Å². The molecule has 0 bridgehead atoms. The molecule has 144 valence electrons. The summed E-state index contributed by atoms with van der Waals surface area (Å²) in [5, 5.41) is 12.4. The van der Waals surface area contributed by atoms with Crippen LogP contribution in [0.4, 0.5) is 10.2 Å². The zero-order valence-electron chi connectivity index (χ0n) is 15.8. The molecule has 0 fully saturated rings. The van der Waals surface area contributed by atoms with Crippen LogP contribution < -0.4 is 5.73 Å². The minimum atomic E-state index is -0.746. The first-order chi connectivity index (χ1) is 14.0. The number of aryl methyl sites for hydroxylation is 1. The Labute approximate surface area is 166 Å². The average Bonchev–Trinajstić information content (AvgIpc) is 3.33. The topological polar surface area (TPSA) is 100 Å². The molecule has 0 aliphatic heterocycles. The molecule has 3 heterocycles. The van der Waals surface area contributed by atoms with Crippen molar-refractivity contribution in [2.75, 3.05) is 5.73 Å². The number of hydrogen-bond acceptors (Lipinski definition) is 6. The molecule has 0 aliphatic rings. The molecule has 0 saturated carbocycles. The summed E-state index contributed by atoms with van der Waals surface area (Å²) in [7, 11) is 1.83. The summed E-state index contributed by atoms with van der Waals surface area (Å²) < 4.78 is 17.9. The zero-order valence-corrected chi connectivity index (χ0v) is 15.8. The highest BCUT2D eigenvalue weighted by atomic mass is 19.1. The Morgan fingerprint density at radius 3 is 2.79 bits per heavy atom. The predicted molar refractivity (Wildman–Crippen MR) is 106 cm³/mol. The standard InChI is InChI=1S/C20H17FN8/c1-4-13-6-5-7-15(12(13)2)20-23-18(17(21)19(22)24-20)16-11-29(27-25-16)10-14-8-9-28(3)26-14/h1,5-9,11H,10H2,2-3H3,(H2,22,23,24). The first-order valence-electron chi connectivity index (χ1n) is 8.75. The van der Waals surface area contributed by atoms with E-state index >= 15 is 0 Å². The maximum absolute atomic E-state index is 14.7. The number of anilines is 1. The van der Waals surface area contributed by atoms with Crippen LogP contribution in [0.2, 0.25) is 0 Å². The summed E-state index contributed by atoms with van der Waals surface area (Å²) in [5.41, 5.74) is 9.03. The molecule has 4 aromatic rings. The second-order valence-corrected chi connectivity index (χ2v) is 6.50. The summed E-state index contributed by atoms with van der Waals surface area (Å²) in [6.45, 7) is 2.25. The molecule has 0 spiro atoms. The molecule has 0 atom stereocenters. The number of hydrogen-bond donors (Lipinski definition) is 1. The number of nitrogens with two attached hydrogens (primary N) is 1. The summed E-state index contributed by atoms with van der Waals surface area (Å²) in [4.78, 5) is 8.46. The van der Waals surface area contributed by atoms with Crippen molar-refractivity contribution in [2.24, 2.45) is 7.05 Å². The van der Waals surface area contributed by atoms with Gasteiger partial charge in [0.05, 0.1) is 18.4 Å². The summed E-state index contributed by atoms with van der Waals surface area (Å²) in [6, 6.07) is 7.29. The predicted octanol–water partition coefficient (Wildman–Crippen LogP) is 2.19. The van der Waals surface area contributed by atoms with Gasteiger partial charge in [-0.2, -0.15) is 5.10 Å². The van der Waals surface area contributed by atoms with E-state index in [9.17, 15) is 4.39 Å². The number of nitrogen functional groups attached to an aromatic ring is 1. The minimum Gasteiger partial charge on any atom is -0.381 e. The van der Waals surface area contributed by atoms with E-state index in [1.54, 1.807) is 21.6 Å². The Morgan fingerprint density at radius 1 is 1.24 bits per heavy atom. The maximum atomic E-state index is 14.7. The van der Waals surface area contributed by atoms with Crippen LogP contribution in [0.1, 0.15) is 16.8 Å².